The zero-order chi connectivity index (χ0) is 22.7. The van der Waals surface area contributed by atoms with Gasteiger partial charge in [0.15, 0.2) is 4.32 Å². The van der Waals surface area contributed by atoms with Crippen LogP contribution in [0.5, 0.6) is 5.75 Å². The van der Waals surface area contributed by atoms with Gasteiger partial charge in [-0.15, -0.1) is 0 Å². The molecule has 0 bridgehead atoms. The average Bonchev–Trinajstić information content (AvgIpc) is 3.06. The van der Waals surface area contributed by atoms with Crippen molar-refractivity contribution < 1.29 is 19.4 Å². The summed E-state index contributed by atoms with van der Waals surface area (Å²) in [5.74, 6) is -0.553. The van der Waals surface area contributed by atoms with E-state index in [9.17, 15) is 9.59 Å². The van der Waals surface area contributed by atoms with E-state index >= 15 is 0 Å². The summed E-state index contributed by atoms with van der Waals surface area (Å²) in [5, 5.41) is 9.03. The molecule has 0 spiro atoms. The average molecular weight is 526 g/mol. The number of ether oxygens (including phenoxy) is 1. The van der Waals surface area contributed by atoms with E-state index in [0.29, 0.717) is 15.0 Å². The molecular weight excluding hydrogens is 510 g/mol. The molecule has 0 unspecified atom stereocenters. The van der Waals surface area contributed by atoms with Gasteiger partial charge in [0.25, 0.3) is 5.91 Å². The fraction of sp³-hybridized carbons (Fsp3) is 0.0417. The fourth-order valence-electron chi connectivity index (χ4n) is 3.08. The molecule has 5 nitrogen and oxygen atoms in total. The number of rotatable bonds is 6. The Hall–Kier alpha value is -2.94. The van der Waals surface area contributed by atoms with Crippen molar-refractivity contribution in [2.45, 2.75) is 6.61 Å². The summed E-state index contributed by atoms with van der Waals surface area (Å²) in [7, 11) is 0. The monoisotopic (exact) mass is 525 g/mol. The summed E-state index contributed by atoms with van der Waals surface area (Å²) in [6.07, 6.45) is 1.77. The molecule has 1 aliphatic rings. The van der Waals surface area contributed by atoms with Gasteiger partial charge in [-0.3, -0.25) is 9.69 Å². The molecule has 32 heavy (non-hydrogen) atoms. The van der Waals surface area contributed by atoms with Crippen molar-refractivity contribution in [1.29, 1.82) is 0 Å². The lowest BCUT2D eigenvalue weighted by Crippen LogP contribution is -2.27. The minimum atomic E-state index is -0.972. The van der Waals surface area contributed by atoms with Crippen LogP contribution >= 0.6 is 39.9 Å². The van der Waals surface area contributed by atoms with E-state index in [1.165, 1.54) is 16.7 Å². The Morgan fingerprint density at radius 3 is 2.50 bits per heavy atom. The first-order chi connectivity index (χ1) is 15.4. The largest absolute Gasteiger partial charge is 0.488 e. The molecule has 3 aromatic carbocycles. The lowest BCUT2D eigenvalue weighted by atomic mass is 10.1. The van der Waals surface area contributed by atoms with Gasteiger partial charge >= 0.3 is 5.97 Å². The number of carboxylic acids is 1. The van der Waals surface area contributed by atoms with Crippen LogP contribution < -0.4 is 9.64 Å². The first-order valence-corrected chi connectivity index (χ1v) is 11.5. The molecule has 0 aliphatic carbocycles. The van der Waals surface area contributed by atoms with Crippen molar-refractivity contribution in [2.75, 3.05) is 4.90 Å². The third-order valence-electron chi connectivity index (χ3n) is 4.66. The lowest BCUT2D eigenvalue weighted by Gasteiger charge is -2.14. The maximum absolute atomic E-state index is 13.0. The molecule has 0 radical (unpaired) electrons. The maximum Gasteiger partial charge on any atom is 0.335 e. The number of aromatic carboxylic acids is 1. The fourth-order valence-corrected chi connectivity index (χ4v) is 4.75. The van der Waals surface area contributed by atoms with Gasteiger partial charge in [-0.05, 0) is 54.1 Å². The molecule has 4 rings (SSSR count). The Kier molecular flexibility index (Phi) is 6.74. The van der Waals surface area contributed by atoms with Crippen LogP contribution in [0.3, 0.4) is 0 Å². The standard InChI is InChI=1S/C24H16BrNO4S2/c25-18-10-11-20(30-14-15-6-8-16(9-7-15)23(28)29)17(12-18)13-21-22(27)26(24(31)32-21)19-4-2-1-3-5-19/h1-13H,14H2,(H,28,29)/b21-13+. The highest BCUT2D eigenvalue weighted by atomic mass is 79.9. The Balaban J connectivity index is 1.57. The van der Waals surface area contributed by atoms with E-state index in [2.05, 4.69) is 15.9 Å². The predicted molar refractivity (Wildman–Crippen MR) is 134 cm³/mol. The molecule has 0 atom stereocenters. The predicted octanol–water partition coefficient (Wildman–Crippen LogP) is 6.13. The van der Waals surface area contributed by atoms with Crippen LogP contribution in [0.2, 0.25) is 0 Å². The van der Waals surface area contributed by atoms with Crippen LogP contribution in [0, 0.1) is 0 Å². The van der Waals surface area contributed by atoms with Gasteiger partial charge in [0, 0.05) is 10.0 Å². The topological polar surface area (TPSA) is 66.8 Å². The Morgan fingerprint density at radius 2 is 1.81 bits per heavy atom. The minimum Gasteiger partial charge on any atom is -0.488 e. The van der Waals surface area contributed by atoms with Gasteiger partial charge < -0.3 is 9.84 Å². The number of halogens is 1. The Labute approximate surface area is 202 Å². The number of amides is 1. The third kappa shape index (κ3) is 4.93. The summed E-state index contributed by atoms with van der Waals surface area (Å²) in [6, 6.07) is 21.4. The van der Waals surface area contributed by atoms with Crippen molar-refractivity contribution in [3.8, 4) is 5.75 Å². The summed E-state index contributed by atoms with van der Waals surface area (Å²) < 4.78 is 7.31. The lowest BCUT2D eigenvalue weighted by molar-refractivity contribution is -0.113. The number of hydrogen-bond acceptors (Lipinski definition) is 5. The molecule has 1 N–H and O–H groups in total. The summed E-state index contributed by atoms with van der Waals surface area (Å²) in [6.45, 7) is 0.257. The van der Waals surface area contributed by atoms with E-state index < -0.39 is 5.97 Å². The van der Waals surface area contributed by atoms with Crippen LogP contribution in [0.25, 0.3) is 6.08 Å². The van der Waals surface area contributed by atoms with E-state index in [-0.39, 0.29) is 18.1 Å². The highest BCUT2D eigenvalue weighted by molar-refractivity contribution is 9.10. The first-order valence-electron chi connectivity index (χ1n) is 9.50. The molecular formula is C24H16BrNO4S2. The number of carboxylic acid groups (broad SMARTS) is 1. The number of carbonyl (C=O) groups excluding carboxylic acids is 1. The van der Waals surface area contributed by atoms with E-state index in [1.54, 1.807) is 30.3 Å². The van der Waals surface area contributed by atoms with Crippen LogP contribution in [-0.2, 0) is 11.4 Å². The van der Waals surface area contributed by atoms with Gasteiger partial charge in [-0.2, -0.15) is 0 Å². The first kappa shape index (κ1) is 22.3. The zero-order valence-electron chi connectivity index (χ0n) is 16.5. The second-order valence-corrected chi connectivity index (χ2v) is 9.42. The van der Waals surface area contributed by atoms with Crippen LogP contribution in [0.4, 0.5) is 5.69 Å². The molecule has 3 aromatic rings. The van der Waals surface area contributed by atoms with Crippen molar-refractivity contribution >= 4 is 67.9 Å². The SMILES string of the molecule is O=C(O)c1ccc(COc2ccc(Br)cc2/C=C2/SC(=S)N(c3ccccc3)C2=O)cc1. The van der Waals surface area contributed by atoms with Crippen LogP contribution in [-0.4, -0.2) is 21.3 Å². The van der Waals surface area contributed by atoms with Gasteiger partial charge in [0.1, 0.15) is 12.4 Å². The highest BCUT2D eigenvalue weighted by Gasteiger charge is 2.33. The quantitative estimate of drug-likeness (QED) is 0.308. The summed E-state index contributed by atoms with van der Waals surface area (Å²) in [4.78, 5) is 26.1. The molecule has 0 saturated carbocycles. The molecule has 1 fully saturated rings. The number of carbonyl (C=O) groups is 2. The van der Waals surface area contributed by atoms with E-state index in [0.717, 1.165) is 21.3 Å². The number of thiocarbonyl (C=S) groups is 1. The minimum absolute atomic E-state index is 0.179. The molecule has 1 saturated heterocycles. The van der Waals surface area contributed by atoms with Gasteiger partial charge in [0.05, 0.1) is 16.2 Å². The zero-order valence-corrected chi connectivity index (χ0v) is 19.7. The molecule has 8 heteroatoms. The van der Waals surface area contributed by atoms with E-state index in [1.807, 2.05) is 48.5 Å². The normalized spacial score (nSPS) is 14.8. The van der Waals surface area contributed by atoms with Crippen LogP contribution in [0.15, 0.2) is 82.2 Å². The van der Waals surface area contributed by atoms with Crippen molar-refractivity contribution in [3.63, 3.8) is 0 Å². The molecule has 0 aromatic heterocycles. The molecule has 1 aliphatic heterocycles. The van der Waals surface area contributed by atoms with Crippen molar-refractivity contribution in [3.05, 3.63) is 98.9 Å². The number of hydrogen-bond donors (Lipinski definition) is 1. The van der Waals surface area contributed by atoms with E-state index in [4.69, 9.17) is 22.1 Å². The number of nitrogens with zero attached hydrogens (tertiary/aromatic N) is 1. The smallest absolute Gasteiger partial charge is 0.335 e. The number of benzene rings is 3. The van der Waals surface area contributed by atoms with Crippen molar-refractivity contribution in [1.82, 2.24) is 0 Å². The van der Waals surface area contributed by atoms with Gasteiger partial charge in [-0.1, -0.05) is 70.2 Å². The third-order valence-corrected chi connectivity index (χ3v) is 6.46. The number of thioether (sulfide) groups is 1. The molecule has 160 valence electrons. The second kappa shape index (κ2) is 9.68. The van der Waals surface area contributed by atoms with Crippen LogP contribution in [0.1, 0.15) is 21.5 Å². The van der Waals surface area contributed by atoms with Gasteiger partial charge in [-0.25, -0.2) is 4.79 Å². The van der Waals surface area contributed by atoms with Crippen molar-refractivity contribution in [2.24, 2.45) is 0 Å². The molecule has 1 amide bonds. The highest BCUT2D eigenvalue weighted by Crippen LogP contribution is 2.37. The summed E-state index contributed by atoms with van der Waals surface area (Å²) in [5.41, 5.74) is 2.52. The Bertz CT molecular complexity index is 1230. The van der Waals surface area contributed by atoms with Gasteiger partial charge in [0.2, 0.25) is 0 Å². The second-order valence-electron chi connectivity index (χ2n) is 6.83. The number of anilines is 1. The number of para-hydroxylation sites is 1. The maximum atomic E-state index is 13.0. The molecule has 1 heterocycles. The summed E-state index contributed by atoms with van der Waals surface area (Å²) >= 11 is 10.2. The Morgan fingerprint density at radius 1 is 1.09 bits per heavy atom.